The number of methoxy groups -OCH3 is 1. The molecule has 1 aliphatic rings. The van der Waals surface area contributed by atoms with E-state index in [1.807, 2.05) is 36.2 Å². The molecule has 2 heterocycles. The zero-order valence-electron chi connectivity index (χ0n) is 19.1. The number of carbonyl (C=O) groups is 2. The molecule has 0 saturated carbocycles. The molecule has 0 radical (unpaired) electrons. The highest BCUT2D eigenvalue weighted by Gasteiger charge is 2.31. The normalized spacial score (nSPS) is 17.0. The Balaban J connectivity index is 1.67. The second kappa shape index (κ2) is 11.3. The number of carbonyl (C=O) groups excluding carboxylic acids is 2. The van der Waals surface area contributed by atoms with Crippen molar-refractivity contribution in [3.63, 3.8) is 0 Å². The first-order valence-electron chi connectivity index (χ1n) is 10.6. The van der Waals surface area contributed by atoms with Crippen LogP contribution in [0.15, 0.2) is 35.7 Å². The number of aryl methyl sites for hydroxylation is 1. The van der Waals surface area contributed by atoms with Gasteiger partial charge in [0, 0.05) is 26.7 Å². The van der Waals surface area contributed by atoms with Crippen LogP contribution in [0.1, 0.15) is 19.4 Å². The fourth-order valence-corrected chi connectivity index (χ4v) is 4.28. The van der Waals surface area contributed by atoms with Gasteiger partial charge in [0.05, 0.1) is 32.1 Å². The van der Waals surface area contributed by atoms with Crippen LogP contribution in [0, 0.1) is 5.92 Å². The highest BCUT2D eigenvalue weighted by molar-refractivity contribution is 7.99. The third-order valence-electron chi connectivity index (χ3n) is 5.08. The van der Waals surface area contributed by atoms with Crippen LogP contribution in [0.25, 0.3) is 0 Å². The highest BCUT2D eigenvalue weighted by atomic mass is 32.2. The molecule has 0 aliphatic carbocycles. The van der Waals surface area contributed by atoms with Crippen LogP contribution in [0.3, 0.4) is 0 Å². The largest absolute Gasteiger partial charge is 0.497 e. The average Bonchev–Trinajstić information content (AvgIpc) is 3.11. The monoisotopic (exact) mass is 461 g/mol. The number of thioether (sulfide) groups is 1. The van der Waals surface area contributed by atoms with Crippen molar-refractivity contribution < 1.29 is 19.1 Å². The fraction of sp³-hybridized carbons (Fsp3) is 0.545. The molecular formula is C22H31N5O4S. The Labute approximate surface area is 193 Å². The Morgan fingerprint density at radius 2 is 2.12 bits per heavy atom. The summed E-state index contributed by atoms with van der Waals surface area (Å²) in [5, 5.41) is 8.49. The topological polar surface area (TPSA) is 89.8 Å². The van der Waals surface area contributed by atoms with E-state index in [0.29, 0.717) is 37.3 Å². The predicted molar refractivity (Wildman–Crippen MR) is 121 cm³/mol. The van der Waals surface area contributed by atoms with Crippen molar-refractivity contribution in [1.82, 2.24) is 24.6 Å². The van der Waals surface area contributed by atoms with E-state index >= 15 is 0 Å². The molecule has 174 valence electrons. The first-order chi connectivity index (χ1) is 15.4. The van der Waals surface area contributed by atoms with E-state index in [-0.39, 0.29) is 30.2 Å². The molecule has 1 saturated heterocycles. The van der Waals surface area contributed by atoms with E-state index in [0.717, 1.165) is 11.3 Å². The zero-order chi connectivity index (χ0) is 23.1. The molecule has 1 aliphatic heterocycles. The predicted octanol–water partition coefficient (Wildman–Crippen LogP) is 1.83. The van der Waals surface area contributed by atoms with Gasteiger partial charge >= 0.3 is 0 Å². The molecule has 9 nitrogen and oxygen atoms in total. The minimum atomic E-state index is -0.282. The summed E-state index contributed by atoms with van der Waals surface area (Å²) in [7, 11) is 3.46. The average molecular weight is 462 g/mol. The zero-order valence-corrected chi connectivity index (χ0v) is 19.9. The van der Waals surface area contributed by atoms with Crippen LogP contribution < -0.4 is 4.74 Å². The van der Waals surface area contributed by atoms with Crippen LogP contribution >= 0.6 is 11.8 Å². The lowest BCUT2D eigenvalue weighted by Crippen LogP contribution is -2.41. The van der Waals surface area contributed by atoms with Crippen molar-refractivity contribution in [2.45, 2.75) is 31.7 Å². The maximum Gasteiger partial charge on any atom is 0.242 e. The van der Waals surface area contributed by atoms with Gasteiger partial charge in [0.2, 0.25) is 11.8 Å². The van der Waals surface area contributed by atoms with E-state index in [1.165, 1.54) is 11.8 Å². The lowest BCUT2D eigenvalue weighted by molar-refractivity contribution is -0.137. The number of benzene rings is 1. The first kappa shape index (κ1) is 24.1. The molecule has 1 aromatic heterocycles. The first-order valence-corrected chi connectivity index (χ1v) is 11.6. The van der Waals surface area contributed by atoms with Crippen molar-refractivity contribution in [3.8, 4) is 5.75 Å². The van der Waals surface area contributed by atoms with Crippen molar-refractivity contribution in [1.29, 1.82) is 0 Å². The Kier molecular flexibility index (Phi) is 8.52. The van der Waals surface area contributed by atoms with Gasteiger partial charge in [-0.15, -0.1) is 10.2 Å². The summed E-state index contributed by atoms with van der Waals surface area (Å²) in [6.45, 7) is 6.04. The van der Waals surface area contributed by atoms with Gasteiger partial charge in [-0.3, -0.25) is 9.59 Å². The van der Waals surface area contributed by atoms with Gasteiger partial charge in [-0.2, -0.15) is 0 Å². The molecule has 1 atom stereocenters. The Bertz CT molecular complexity index is 919. The summed E-state index contributed by atoms with van der Waals surface area (Å²) in [6.07, 6.45) is 1.31. The second-order valence-corrected chi connectivity index (χ2v) is 9.21. The molecule has 3 rings (SSSR count). The summed E-state index contributed by atoms with van der Waals surface area (Å²) in [4.78, 5) is 29.2. The smallest absolute Gasteiger partial charge is 0.242 e. The number of aromatic nitrogens is 3. The molecule has 2 amide bonds. The van der Waals surface area contributed by atoms with E-state index in [1.54, 1.807) is 22.9 Å². The van der Waals surface area contributed by atoms with Gasteiger partial charge in [0.25, 0.3) is 0 Å². The Hall–Kier alpha value is -2.59. The van der Waals surface area contributed by atoms with E-state index in [2.05, 4.69) is 24.0 Å². The van der Waals surface area contributed by atoms with Crippen LogP contribution in [-0.4, -0.2) is 81.5 Å². The van der Waals surface area contributed by atoms with Gasteiger partial charge in [-0.25, -0.2) is 0 Å². The molecule has 1 aromatic carbocycles. The lowest BCUT2D eigenvalue weighted by atomic mass is 10.2. The van der Waals surface area contributed by atoms with E-state index in [9.17, 15) is 9.59 Å². The summed E-state index contributed by atoms with van der Waals surface area (Å²) in [5.41, 5.74) is 0.978. The summed E-state index contributed by atoms with van der Waals surface area (Å²) < 4.78 is 13.2. The van der Waals surface area contributed by atoms with E-state index in [4.69, 9.17) is 9.47 Å². The maximum absolute atomic E-state index is 12.9. The molecule has 0 N–H and O–H groups in total. The van der Waals surface area contributed by atoms with Crippen LogP contribution in [0.5, 0.6) is 5.75 Å². The van der Waals surface area contributed by atoms with Crippen molar-refractivity contribution >= 4 is 23.6 Å². The molecule has 32 heavy (non-hydrogen) atoms. The summed E-state index contributed by atoms with van der Waals surface area (Å²) in [6, 6.07) is 7.69. The maximum atomic E-state index is 12.9. The van der Waals surface area contributed by atoms with Gasteiger partial charge in [-0.05, 0) is 23.6 Å². The molecule has 1 fully saturated rings. The molecular weight excluding hydrogens is 430 g/mol. The van der Waals surface area contributed by atoms with Crippen LogP contribution in [-0.2, 0) is 28.0 Å². The third kappa shape index (κ3) is 6.70. The number of ether oxygens (including phenoxy) is 2. The molecule has 0 unspecified atom stereocenters. The third-order valence-corrected chi connectivity index (χ3v) is 6.10. The lowest BCUT2D eigenvalue weighted by Gasteiger charge is -2.26. The quantitative estimate of drug-likeness (QED) is 0.526. The van der Waals surface area contributed by atoms with Crippen molar-refractivity contribution in [2.24, 2.45) is 13.0 Å². The number of hydrogen-bond donors (Lipinski definition) is 0. The minimum Gasteiger partial charge on any atom is -0.497 e. The van der Waals surface area contributed by atoms with Gasteiger partial charge < -0.3 is 23.8 Å². The summed E-state index contributed by atoms with van der Waals surface area (Å²) >= 11 is 1.31. The van der Waals surface area contributed by atoms with Crippen molar-refractivity contribution in [2.75, 3.05) is 39.0 Å². The van der Waals surface area contributed by atoms with E-state index < -0.39 is 0 Å². The number of hydrogen-bond acceptors (Lipinski definition) is 7. The number of nitrogens with zero attached hydrogens (tertiary/aromatic N) is 5. The Morgan fingerprint density at radius 1 is 1.31 bits per heavy atom. The second-order valence-electron chi connectivity index (χ2n) is 8.26. The standard InChI is InChI=1S/C22H31N5O4S/c1-16(2)9-26-10-19(31-13-17-6-5-7-18(8-17)30-4)11-27(12-20(26)28)21(29)14-32-22-24-23-15-25(22)3/h5-8,15-16,19H,9-14H2,1-4H3/t19-/m1/s1. The molecule has 2 aromatic rings. The number of amides is 2. The van der Waals surface area contributed by atoms with Crippen LogP contribution in [0.4, 0.5) is 0 Å². The Morgan fingerprint density at radius 3 is 2.81 bits per heavy atom. The minimum absolute atomic E-state index is 0.0526. The summed E-state index contributed by atoms with van der Waals surface area (Å²) in [5.74, 6) is 1.11. The molecule has 0 spiro atoms. The van der Waals surface area contributed by atoms with Gasteiger partial charge in [-0.1, -0.05) is 37.7 Å². The number of rotatable bonds is 9. The van der Waals surface area contributed by atoms with Crippen molar-refractivity contribution in [3.05, 3.63) is 36.2 Å². The van der Waals surface area contributed by atoms with Gasteiger partial charge in [0.1, 0.15) is 12.1 Å². The fourth-order valence-electron chi connectivity index (χ4n) is 3.49. The van der Waals surface area contributed by atoms with Crippen LogP contribution in [0.2, 0.25) is 0 Å². The molecule has 0 bridgehead atoms. The van der Waals surface area contributed by atoms with Gasteiger partial charge in [0.15, 0.2) is 5.16 Å². The molecule has 10 heteroatoms. The SMILES string of the molecule is COc1cccc(CO[C@H]2CN(C(=O)CSc3nncn3C)CC(=O)N(CC(C)C)C2)c1. The highest BCUT2D eigenvalue weighted by Crippen LogP contribution is 2.18.